The second-order valence-corrected chi connectivity index (χ2v) is 9.53. The highest BCUT2D eigenvalue weighted by Crippen LogP contribution is 2.27. The van der Waals surface area contributed by atoms with Crippen molar-refractivity contribution < 1.29 is 4.21 Å². The van der Waals surface area contributed by atoms with E-state index in [4.69, 9.17) is 4.98 Å². The molecular weight excluding hydrogens is 376 g/mol. The first-order valence-corrected chi connectivity index (χ1v) is 11.7. The van der Waals surface area contributed by atoms with Crippen molar-refractivity contribution in [3.8, 4) is 0 Å². The summed E-state index contributed by atoms with van der Waals surface area (Å²) in [6.07, 6.45) is 4.84. The molecule has 27 heavy (non-hydrogen) atoms. The Morgan fingerprint density at radius 3 is 2.81 bits per heavy atom. The minimum atomic E-state index is -0.882. The maximum atomic E-state index is 12.3. The lowest BCUT2D eigenvalue weighted by molar-refractivity contribution is 0.477. The van der Waals surface area contributed by atoms with Gasteiger partial charge in [0.2, 0.25) is 0 Å². The molecule has 1 heterocycles. The fourth-order valence-electron chi connectivity index (χ4n) is 3.24. The van der Waals surface area contributed by atoms with Gasteiger partial charge < -0.3 is 10.2 Å². The number of guanidine groups is 1. The van der Waals surface area contributed by atoms with Crippen LogP contribution in [0.4, 0.5) is 0 Å². The molecular formula is C20H28N4OS2. The van der Waals surface area contributed by atoms with Crippen LogP contribution in [0.1, 0.15) is 34.0 Å². The third-order valence-electron chi connectivity index (χ3n) is 4.62. The molecule has 0 fully saturated rings. The number of aromatic nitrogens is 1. The molecule has 0 saturated heterocycles. The van der Waals surface area contributed by atoms with Crippen molar-refractivity contribution in [2.75, 3.05) is 26.4 Å². The minimum Gasteiger partial charge on any atom is -0.355 e. The van der Waals surface area contributed by atoms with E-state index in [0.717, 1.165) is 29.5 Å². The summed E-state index contributed by atoms with van der Waals surface area (Å²) in [6.45, 7) is 1.40. The van der Waals surface area contributed by atoms with E-state index < -0.39 is 10.8 Å². The van der Waals surface area contributed by atoms with Crippen LogP contribution in [0.15, 0.2) is 35.3 Å². The van der Waals surface area contributed by atoms with Crippen molar-refractivity contribution in [2.24, 2.45) is 4.99 Å². The predicted molar refractivity (Wildman–Crippen MR) is 115 cm³/mol. The van der Waals surface area contributed by atoms with Crippen molar-refractivity contribution >= 4 is 28.1 Å². The molecule has 0 aliphatic heterocycles. The van der Waals surface area contributed by atoms with Crippen molar-refractivity contribution in [1.82, 2.24) is 15.2 Å². The molecule has 0 saturated carbocycles. The van der Waals surface area contributed by atoms with Crippen LogP contribution in [0.5, 0.6) is 0 Å². The number of hydrogen-bond donors (Lipinski definition) is 1. The standard InChI is InChI=1S/C20H28N4OS2/c1-21-20(22-12-13-27(25)15-16-8-4-3-5-9-16)24(2)14-19-23-17-10-6-7-11-18(17)26-19/h3-5,8-9H,6-7,10-15H2,1-2H3,(H,21,22). The molecule has 0 spiro atoms. The first-order chi connectivity index (χ1) is 13.2. The molecule has 2 aromatic rings. The summed E-state index contributed by atoms with van der Waals surface area (Å²) in [6, 6.07) is 9.99. The van der Waals surface area contributed by atoms with Gasteiger partial charge in [0.05, 0.1) is 12.2 Å². The van der Waals surface area contributed by atoms with Crippen LogP contribution >= 0.6 is 11.3 Å². The predicted octanol–water partition coefficient (Wildman–Crippen LogP) is 2.98. The van der Waals surface area contributed by atoms with Gasteiger partial charge in [-0.3, -0.25) is 9.20 Å². The smallest absolute Gasteiger partial charge is 0.193 e. The van der Waals surface area contributed by atoms with E-state index in [9.17, 15) is 4.21 Å². The Labute approximate surface area is 168 Å². The van der Waals surface area contributed by atoms with Gasteiger partial charge in [-0.15, -0.1) is 11.3 Å². The number of nitrogens with one attached hydrogen (secondary N) is 1. The number of fused-ring (bicyclic) bond motifs is 1. The Hall–Kier alpha value is -1.73. The van der Waals surface area contributed by atoms with Crippen LogP contribution in [-0.4, -0.2) is 46.4 Å². The van der Waals surface area contributed by atoms with Gasteiger partial charge in [-0.1, -0.05) is 30.3 Å². The SMILES string of the molecule is CN=C(NCCS(=O)Cc1ccccc1)N(C)Cc1nc2c(s1)CCCC2. The highest BCUT2D eigenvalue weighted by atomic mass is 32.2. The number of aliphatic imine (C=N–C) groups is 1. The summed E-state index contributed by atoms with van der Waals surface area (Å²) in [5.74, 6) is 2.02. The average Bonchev–Trinajstić information content (AvgIpc) is 3.08. The fraction of sp³-hybridized carbons (Fsp3) is 0.500. The van der Waals surface area contributed by atoms with Crippen molar-refractivity contribution in [3.05, 3.63) is 51.5 Å². The minimum absolute atomic E-state index is 0.599. The van der Waals surface area contributed by atoms with Crippen molar-refractivity contribution in [1.29, 1.82) is 0 Å². The quantitative estimate of drug-likeness (QED) is 0.569. The van der Waals surface area contributed by atoms with Crippen LogP contribution in [-0.2, 0) is 35.9 Å². The second-order valence-electron chi connectivity index (χ2n) is 6.79. The van der Waals surface area contributed by atoms with E-state index in [0.29, 0.717) is 18.1 Å². The van der Waals surface area contributed by atoms with Gasteiger partial charge in [-0.25, -0.2) is 4.98 Å². The summed E-state index contributed by atoms with van der Waals surface area (Å²) < 4.78 is 12.3. The Kier molecular flexibility index (Phi) is 7.41. The monoisotopic (exact) mass is 404 g/mol. The van der Waals surface area contributed by atoms with Gasteiger partial charge in [0, 0.05) is 47.8 Å². The van der Waals surface area contributed by atoms with Crippen LogP contribution in [0, 0.1) is 0 Å². The number of hydrogen-bond acceptors (Lipinski definition) is 4. The molecule has 1 unspecified atom stereocenters. The molecule has 1 aliphatic rings. The first kappa shape index (κ1) is 20.0. The molecule has 1 aromatic carbocycles. The lowest BCUT2D eigenvalue weighted by Crippen LogP contribution is -2.40. The lowest BCUT2D eigenvalue weighted by atomic mass is 10.0. The molecule has 0 radical (unpaired) electrons. The lowest BCUT2D eigenvalue weighted by Gasteiger charge is -2.21. The molecule has 1 N–H and O–H groups in total. The van der Waals surface area contributed by atoms with E-state index >= 15 is 0 Å². The molecule has 146 valence electrons. The normalized spacial score (nSPS) is 15.3. The highest BCUT2D eigenvalue weighted by molar-refractivity contribution is 7.84. The van der Waals surface area contributed by atoms with Crippen molar-refractivity contribution in [3.63, 3.8) is 0 Å². The summed E-state index contributed by atoms with van der Waals surface area (Å²) in [7, 11) is 2.93. The van der Waals surface area contributed by atoms with E-state index in [-0.39, 0.29) is 0 Å². The Morgan fingerprint density at radius 2 is 2.07 bits per heavy atom. The average molecular weight is 405 g/mol. The zero-order chi connectivity index (χ0) is 19.1. The Bertz CT molecular complexity index is 765. The Morgan fingerprint density at radius 1 is 1.30 bits per heavy atom. The van der Waals surface area contributed by atoms with Gasteiger partial charge in [0.15, 0.2) is 5.96 Å². The summed E-state index contributed by atoms with van der Waals surface area (Å²) in [5, 5.41) is 4.48. The van der Waals surface area contributed by atoms with E-state index in [1.165, 1.54) is 29.8 Å². The number of rotatable bonds is 7. The zero-order valence-corrected chi connectivity index (χ0v) is 17.7. The van der Waals surface area contributed by atoms with Crippen LogP contribution in [0.3, 0.4) is 0 Å². The molecule has 0 amide bonds. The van der Waals surface area contributed by atoms with Crippen molar-refractivity contribution in [2.45, 2.75) is 38.0 Å². The first-order valence-electron chi connectivity index (χ1n) is 9.44. The third kappa shape index (κ3) is 5.87. The molecule has 0 bridgehead atoms. The summed E-state index contributed by atoms with van der Waals surface area (Å²) >= 11 is 1.84. The largest absolute Gasteiger partial charge is 0.355 e. The van der Waals surface area contributed by atoms with Crippen LogP contribution < -0.4 is 5.32 Å². The molecule has 1 aromatic heterocycles. The molecule has 7 heteroatoms. The molecule has 1 atom stereocenters. The number of benzene rings is 1. The van der Waals surface area contributed by atoms with E-state index in [2.05, 4.69) is 15.2 Å². The third-order valence-corrected chi connectivity index (χ3v) is 7.08. The van der Waals surface area contributed by atoms with Gasteiger partial charge in [0.25, 0.3) is 0 Å². The Balaban J connectivity index is 1.45. The maximum Gasteiger partial charge on any atom is 0.193 e. The number of thiazole rings is 1. The van der Waals surface area contributed by atoms with E-state index in [1.54, 1.807) is 7.05 Å². The number of aryl methyl sites for hydroxylation is 2. The highest BCUT2D eigenvalue weighted by Gasteiger charge is 2.17. The fourth-order valence-corrected chi connectivity index (χ4v) is 5.49. The molecule has 1 aliphatic carbocycles. The van der Waals surface area contributed by atoms with Crippen LogP contribution in [0.2, 0.25) is 0 Å². The summed E-state index contributed by atoms with van der Waals surface area (Å²) in [5.41, 5.74) is 2.42. The van der Waals surface area contributed by atoms with Gasteiger partial charge in [-0.05, 0) is 31.2 Å². The zero-order valence-electron chi connectivity index (χ0n) is 16.1. The molecule has 5 nitrogen and oxygen atoms in total. The summed E-state index contributed by atoms with van der Waals surface area (Å²) in [4.78, 5) is 12.7. The topological polar surface area (TPSA) is 57.6 Å². The van der Waals surface area contributed by atoms with Gasteiger partial charge in [-0.2, -0.15) is 0 Å². The van der Waals surface area contributed by atoms with E-state index in [1.807, 2.05) is 48.7 Å². The second kappa shape index (κ2) is 9.99. The van der Waals surface area contributed by atoms with Gasteiger partial charge >= 0.3 is 0 Å². The van der Waals surface area contributed by atoms with Gasteiger partial charge in [0.1, 0.15) is 5.01 Å². The van der Waals surface area contributed by atoms with Crippen LogP contribution in [0.25, 0.3) is 0 Å². The molecule has 3 rings (SSSR count). The maximum absolute atomic E-state index is 12.3. The number of nitrogens with zero attached hydrogens (tertiary/aromatic N) is 3.